The molecular weight excluding hydrogens is 338 g/mol. The molecule has 5 nitrogen and oxygen atoms in total. The van der Waals surface area contributed by atoms with Crippen LogP contribution in [0.2, 0.25) is 0 Å². The molecule has 6 heteroatoms. The van der Waals surface area contributed by atoms with Gasteiger partial charge < -0.3 is 15.5 Å². The third kappa shape index (κ3) is 6.67. The van der Waals surface area contributed by atoms with Gasteiger partial charge in [-0.2, -0.15) is 0 Å². The number of hydrogen-bond acceptors (Lipinski definition) is 3. The van der Waals surface area contributed by atoms with Crippen LogP contribution >= 0.6 is 12.4 Å². The molecule has 1 aromatic carbocycles. The molecule has 1 fully saturated rings. The first-order chi connectivity index (χ1) is 11.6. The number of hydrogen-bond donors (Lipinski definition) is 2. The number of carbonyl (C=O) groups is 2. The van der Waals surface area contributed by atoms with Crippen molar-refractivity contribution in [3.63, 3.8) is 0 Å². The molecule has 25 heavy (non-hydrogen) atoms. The van der Waals surface area contributed by atoms with Crippen molar-refractivity contribution in [2.24, 2.45) is 5.92 Å². The van der Waals surface area contributed by atoms with Crippen molar-refractivity contribution in [1.82, 2.24) is 10.2 Å². The summed E-state index contributed by atoms with van der Waals surface area (Å²) in [4.78, 5) is 26.1. The second-order valence-electron chi connectivity index (χ2n) is 6.34. The zero-order chi connectivity index (χ0) is 17.4. The molecule has 2 rings (SSSR count). The van der Waals surface area contributed by atoms with Gasteiger partial charge in [-0.3, -0.25) is 9.59 Å². The van der Waals surface area contributed by atoms with E-state index in [0.717, 1.165) is 38.0 Å². The molecule has 1 saturated heterocycles. The summed E-state index contributed by atoms with van der Waals surface area (Å²) in [7, 11) is 0. The molecule has 0 atom stereocenters. The van der Waals surface area contributed by atoms with Gasteiger partial charge in [0.2, 0.25) is 5.91 Å². The Morgan fingerprint density at radius 3 is 2.28 bits per heavy atom. The Labute approximate surface area is 157 Å². The summed E-state index contributed by atoms with van der Waals surface area (Å²) in [5.41, 5.74) is 1.41. The maximum atomic E-state index is 12.3. The van der Waals surface area contributed by atoms with Crippen LogP contribution in [0.25, 0.3) is 0 Å². The number of rotatable bonds is 7. The highest BCUT2D eigenvalue weighted by Gasteiger charge is 2.15. The van der Waals surface area contributed by atoms with Crippen molar-refractivity contribution < 1.29 is 9.59 Å². The fourth-order valence-corrected chi connectivity index (χ4v) is 3.12. The molecule has 2 N–H and O–H groups in total. The molecule has 1 aromatic rings. The maximum absolute atomic E-state index is 12.3. The lowest BCUT2D eigenvalue weighted by Gasteiger charge is -2.22. The van der Waals surface area contributed by atoms with Crippen molar-refractivity contribution in [2.75, 3.05) is 31.5 Å². The van der Waals surface area contributed by atoms with Gasteiger partial charge in [-0.25, -0.2) is 0 Å². The van der Waals surface area contributed by atoms with Gasteiger partial charge in [0, 0.05) is 30.8 Å². The molecule has 1 aliphatic heterocycles. The SMILES string of the molecule is CCN(CC)C(=O)c1ccc(NC(=O)CCC2CCNCC2)cc1.Cl. The minimum atomic E-state index is 0. The molecule has 2 amide bonds. The summed E-state index contributed by atoms with van der Waals surface area (Å²) in [5, 5.41) is 6.27. The van der Waals surface area contributed by atoms with Gasteiger partial charge in [0.15, 0.2) is 0 Å². The largest absolute Gasteiger partial charge is 0.339 e. The molecule has 1 aliphatic rings. The van der Waals surface area contributed by atoms with Crippen molar-refractivity contribution >= 4 is 29.9 Å². The average Bonchev–Trinajstić information content (AvgIpc) is 2.62. The number of halogens is 1. The highest BCUT2D eigenvalue weighted by Crippen LogP contribution is 2.18. The van der Waals surface area contributed by atoms with Crippen LogP contribution in [-0.4, -0.2) is 42.9 Å². The van der Waals surface area contributed by atoms with Gasteiger partial charge in [0.25, 0.3) is 5.91 Å². The Morgan fingerprint density at radius 1 is 1.12 bits per heavy atom. The summed E-state index contributed by atoms with van der Waals surface area (Å²) in [6.07, 6.45) is 3.84. The minimum absolute atomic E-state index is 0. The molecular formula is C19H30ClN3O2. The Kier molecular flexibility index (Phi) is 9.53. The normalized spacial score (nSPS) is 14.5. The lowest BCUT2D eigenvalue weighted by Crippen LogP contribution is -2.30. The van der Waals surface area contributed by atoms with Crippen molar-refractivity contribution in [2.45, 2.75) is 39.5 Å². The van der Waals surface area contributed by atoms with E-state index in [1.54, 1.807) is 29.2 Å². The van der Waals surface area contributed by atoms with Gasteiger partial charge >= 0.3 is 0 Å². The van der Waals surface area contributed by atoms with E-state index < -0.39 is 0 Å². The Hall–Kier alpha value is -1.59. The first-order valence-electron chi connectivity index (χ1n) is 9.04. The Morgan fingerprint density at radius 2 is 1.72 bits per heavy atom. The molecule has 0 saturated carbocycles. The third-order valence-electron chi connectivity index (χ3n) is 4.70. The van der Waals surface area contributed by atoms with E-state index in [9.17, 15) is 9.59 Å². The average molecular weight is 368 g/mol. The summed E-state index contributed by atoms with van der Waals surface area (Å²) in [6.45, 7) is 7.47. The second kappa shape index (κ2) is 11.1. The maximum Gasteiger partial charge on any atom is 0.253 e. The lowest BCUT2D eigenvalue weighted by molar-refractivity contribution is -0.116. The second-order valence-corrected chi connectivity index (χ2v) is 6.34. The fraction of sp³-hybridized carbons (Fsp3) is 0.579. The minimum Gasteiger partial charge on any atom is -0.339 e. The Balaban J connectivity index is 0.00000312. The molecule has 0 spiro atoms. The van der Waals surface area contributed by atoms with Gasteiger partial charge in [-0.05, 0) is 76.4 Å². The van der Waals surface area contributed by atoms with Crippen LogP contribution in [0.4, 0.5) is 5.69 Å². The van der Waals surface area contributed by atoms with Gasteiger partial charge in [-0.1, -0.05) is 0 Å². The number of amides is 2. The van der Waals surface area contributed by atoms with E-state index in [2.05, 4.69) is 10.6 Å². The standard InChI is InChI=1S/C19H29N3O2.ClH/c1-3-22(4-2)19(24)16-6-8-17(9-7-16)21-18(23)10-5-15-11-13-20-14-12-15;/h6-9,15,20H,3-5,10-14H2,1-2H3,(H,21,23);1H. The van der Waals surface area contributed by atoms with Crippen LogP contribution in [-0.2, 0) is 4.79 Å². The lowest BCUT2D eigenvalue weighted by atomic mass is 9.93. The van der Waals surface area contributed by atoms with E-state index in [-0.39, 0.29) is 24.2 Å². The predicted octanol–water partition coefficient (Wildman–Crippen LogP) is 3.31. The van der Waals surface area contributed by atoms with E-state index in [0.29, 0.717) is 31.0 Å². The summed E-state index contributed by atoms with van der Waals surface area (Å²) < 4.78 is 0. The monoisotopic (exact) mass is 367 g/mol. The molecule has 0 bridgehead atoms. The molecule has 0 aliphatic carbocycles. The quantitative estimate of drug-likeness (QED) is 0.777. The summed E-state index contributed by atoms with van der Waals surface area (Å²) >= 11 is 0. The number of nitrogens with zero attached hydrogens (tertiary/aromatic N) is 1. The molecule has 0 radical (unpaired) electrons. The van der Waals surface area contributed by atoms with Gasteiger partial charge in [0.1, 0.15) is 0 Å². The van der Waals surface area contributed by atoms with Crippen molar-refractivity contribution in [3.8, 4) is 0 Å². The number of carbonyl (C=O) groups excluding carboxylic acids is 2. The molecule has 140 valence electrons. The van der Waals surface area contributed by atoms with Crippen LogP contribution in [0, 0.1) is 5.92 Å². The van der Waals surface area contributed by atoms with Crippen LogP contribution in [0.1, 0.15) is 49.9 Å². The van der Waals surface area contributed by atoms with Crippen LogP contribution in [0.3, 0.4) is 0 Å². The van der Waals surface area contributed by atoms with E-state index in [1.165, 1.54) is 0 Å². The van der Waals surface area contributed by atoms with Crippen molar-refractivity contribution in [3.05, 3.63) is 29.8 Å². The third-order valence-corrected chi connectivity index (χ3v) is 4.70. The highest BCUT2D eigenvalue weighted by atomic mass is 35.5. The van der Waals surface area contributed by atoms with Gasteiger partial charge in [-0.15, -0.1) is 12.4 Å². The first kappa shape index (κ1) is 21.5. The summed E-state index contributed by atoms with van der Waals surface area (Å²) in [5.74, 6) is 0.742. The van der Waals surface area contributed by atoms with Crippen LogP contribution < -0.4 is 10.6 Å². The van der Waals surface area contributed by atoms with E-state index in [1.807, 2.05) is 13.8 Å². The van der Waals surface area contributed by atoms with E-state index in [4.69, 9.17) is 0 Å². The molecule has 0 aromatic heterocycles. The summed E-state index contributed by atoms with van der Waals surface area (Å²) in [6, 6.07) is 7.17. The predicted molar refractivity (Wildman–Crippen MR) is 104 cm³/mol. The number of nitrogens with one attached hydrogen (secondary N) is 2. The Bertz CT molecular complexity index is 538. The number of benzene rings is 1. The zero-order valence-electron chi connectivity index (χ0n) is 15.2. The smallest absolute Gasteiger partial charge is 0.253 e. The van der Waals surface area contributed by atoms with Gasteiger partial charge in [0.05, 0.1) is 0 Å². The number of piperidine rings is 1. The molecule has 0 unspecified atom stereocenters. The van der Waals surface area contributed by atoms with Crippen LogP contribution in [0.5, 0.6) is 0 Å². The van der Waals surface area contributed by atoms with Crippen molar-refractivity contribution in [1.29, 1.82) is 0 Å². The first-order valence-corrected chi connectivity index (χ1v) is 9.04. The fourth-order valence-electron chi connectivity index (χ4n) is 3.12. The van der Waals surface area contributed by atoms with Crippen LogP contribution in [0.15, 0.2) is 24.3 Å². The molecule has 1 heterocycles. The van der Waals surface area contributed by atoms with E-state index >= 15 is 0 Å². The zero-order valence-corrected chi connectivity index (χ0v) is 16.0. The topological polar surface area (TPSA) is 61.4 Å². The number of anilines is 1. The highest BCUT2D eigenvalue weighted by molar-refractivity contribution is 5.95.